The van der Waals surface area contributed by atoms with Gasteiger partial charge in [-0.2, -0.15) is 0 Å². The highest BCUT2D eigenvalue weighted by atomic mass is 79.9. The molecular weight excluding hydrogens is 344 g/mol. The maximum atomic E-state index is 12.2. The molecule has 0 aliphatic heterocycles. The molecule has 0 saturated heterocycles. The van der Waals surface area contributed by atoms with E-state index in [-0.39, 0.29) is 12.1 Å². The molecule has 0 aliphatic carbocycles. The van der Waals surface area contributed by atoms with Crippen LogP contribution in [-0.2, 0) is 6.42 Å². The molecule has 0 atom stereocenters. The average Bonchev–Trinajstić information content (AvgIpc) is 2.49. The predicted molar refractivity (Wildman–Crippen MR) is 90.7 cm³/mol. The molecule has 2 aromatic rings. The Kier molecular flexibility index (Phi) is 5.61. The molecule has 0 aliphatic rings. The van der Waals surface area contributed by atoms with E-state index in [1.807, 2.05) is 26.0 Å². The lowest BCUT2D eigenvalue weighted by Gasteiger charge is -2.10. The van der Waals surface area contributed by atoms with E-state index in [1.165, 1.54) is 5.56 Å². The van der Waals surface area contributed by atoms with E-state index in [0.717, 1.165) is 16.6 Å². The third kappa shape index (κ3) is 4.34. The molecule has 0 aromatic heterocycles. The Balaban J connectivity index is 2.09. The highest BCUT2D eigenvalue weighted by Crippen LogP contribution is 2.27. The van der Waals surface area contributed by atoms with Crippen LogP contribution in [0.4, 0.5) is 0 Å². The van der Waals surface area contributed by atoms with Gasteiger partial charge in [-0.05, 0) is 78.2 Å². The molecule has 116 valence electrons. The molecule has 0 bridgehead atoms. The molecule has 0 amide bonds. The van der Waals surface area contributed by atoms with E-state index in [0.29, 0.717) is 11.3 Å². The number of carbonyl (C=O) groups excluding carboxylic acids is 1. The Morgan fingerprint density at radius 2 is 1.82 bits per heavy atom. The lowest BCUT2D eigenvalue weighted by Crippen LogP contribution is -2.09. The Morgan fingerprint density at radius 3 is 2.36 bits per heavy atom. The largest absolute Gasteiger partial charge is 0.491 e. The van der Waals surface area contributed by atoms with E-state index in [1.54, 1.807) is 30.3 Å². The van der Waals surface area contributed by atoms with Gasteiger partial charge < -0.3 is 9.47 Å². The minimum Gasteiger partial charge on any atom is -0.491 e. The molecule has 0 heterocycles. The van der Waals surface area contributed by atoms with Gasteiger partial charge in [0.05, 0.1) is 16.1 Å². The first-order valence-corrected chi connectivity index (χ1v) is 8.06. The van der Waals surface area contributed by atoms with Gasteiger partial charge in [0.1, 0.15) is 11.5 Å². The number of rotatable bonds is 5. The summed E-state index contributed by atoms with van der Waals surface area (Å²) in [6, 6.07) is 12.7. The maximum Gasteiger partial charge on any atom is 0.343 e. The van der Waals surface area contributed by atoms with Crippen molar-refractivity contribution in [2.45, 2.75) is 33.3 Å². The van der Waals surface area contributed by atoms with E-state index >= 15 is 0 Å². The molecule has 0 radical (unpaired) electrons. The van der Waals surface area contributed by atoms with Crippen molar-refractivity contribution in [3.63, 3.8) is 0 Å². The lowest BCUT2D eigenvalue weighted by atomic mass is 10.2. The molecule has 0 saturated carbocycles. The van der Waals surface area contributed by atoms with Crippen LogP contribution < -0.4 is 9.47 Å². The molecule has 2 aromatic carbocycles. The number of benzene rings is 2. The summed E-state index contributed by atoms with van der Waals surface area (Å²) >= 11 is 3.43. The number of hydrogen-bond acceptors (Lipinski definition) is 3. The lowest BCUT2D eigenvalue weighted by molar-refractivity contribution is 0.0733. The van der Waals surface area contributed by atoms with Crippen LogP contribution in [0.1, 0.15) is 36.7 Å². The second kappa shape index (κ2) is 7.45. The van der Waals surface area contributed by atoms with Crippen LogP contribution in [0.15, 0.2) is 46.9 Å². The molecule has 22 heavy (non-hydrogen) atoms. The van der Waals surface area contributed by atoms with Crippen molar-refractivity contribution in [2.75, 3.05) is 0 Å². The van der Waals surface area contributed by atoms with E-state index in [2.05, 4.69) is 22.9 Å². The fourth-order valence-corrected chi connectivity index (χ4v) is 2.45. The molecule has 0 N–H and O–H groups in total. The van der Waals surface area contributed by atoms with Crippen molar-refractivity contribution >= 4 is 21.9 Å². The van der Waals surface area contributed by atoms with Crippen molar-refractivity contribution in [3.05, 3.63) is 58.1 Å². The highest BCUT2D eigenvalue weighted by Gasteiger charge is 2.11. The molecular formula is C18H19BrO3. The van der Waals surface area contributed by atoms with Gasteiger partial charge in [-0.1, -0.05) is 13.0 Å². The zero-order chi connectivity index (χ0) is 16.1. The Bertz CT molecular complexity index is 648. The predicted octanol–water partition coefficient (Wildman–Crippen LogP) is 5.02. The highest BCUT2D eigenvalue weighted by molar-refractivity contribution is 9.10. The number of halogens is 1. The van der Waals surface area contributed by atoms with E-state index in [4.69, 9.17) is 9.47 Å². The zero-order valence-corrected chi connectivity index (χ0v) is 14.5. The number of ether oxygens (including phenoxy) is 2. The minimum absolute atomic E-state index is 0.103. The van der Waals surface area contributed by atoms with Crippen molar-refractivity contribution in [1.82, 2.24) is 0 Å². The van der Waals surface area contributed by atoms with Crippen LogP contribution >= 0.6 is 15.9 Å². The van der Waals surface area contributed by atoms with Gasteiger partial charge in [-0.15, -0.1) is 0 Å². The molecule has 0 spiro atoms. The van der Waals surface area contributed by atoms with Crippen molar-refractivity contribution in [1.29, 1.82) is 0 Å². The van der Waals surface area contributed by atoms with Gasteiger partial charge >= 0.3 is 5.97 Å². The van der Waals surface area contributed by atoms with Crippen molar-refractivity contribution < 1.29 is 14.3 Å². The summed E-state index contributed by atoms with van der Waals surface area (Å²) in [5, 5.41) is 0. The second-order valence-electron chi connectivity index (χ2n) is 5.20. The quantitative estimate of drug-likeness (QED) is 0.553. The number of hydrogen-bond donors (Lipinski definition) is 0. The zero-order valence-electron chi connectivity index (χ0n) is 12.9. The summed E-state index contributed by atoms with van der Waals surface area (Å²) in [5.41, 5.74) is 1.67. The molecule has 0 unspecified atom stereocenters. The van der Waals surface area contributed by atoms with Crippen LogP contribution in [0.5, 0.6) is 11.5 Å². The topological polar surface area (TPSA) is 35.5 Å². The van der Waals surface area contributed by atoms with Crippen LogP contribution in [-0.4, -0.2) is 12.1 Å². The Labute approximate surface area is 139 Å². The van der Waals surface area contributed by atoms with Crippen LogP contribution in [0.2, 0.25) is 0 Å². The monoisotopic (exact) mass is 362 g/mol. The standard InChI is InChI=1S/C18H19BrO3/c1-4-13-5-10-17(16(19)11-13)22-18(20)14-6-8-15(9-7-14)21-12(2)3/h5-12H,4H2,1-3H3. The van der Waals surface area contributed by atoms with Crippen LogP contribution in [0.25, 0.3) is 0 Å². The molecule has 4 heteroatoms. The van der Waals surface area contributed by atoms with Crippen LogP contribution in [0, 0.1) is 0 Å². The fourth-order valence-electron chi connectivity index (χ4n) is 1.95. The number of aryl methyl sites for hydroxylation is 1. The third-order valence-electron chi connectivity index (χ3n) is 3.07. The average molecular weight is 363 g/mol. The first-order valence-electron chi connectivity index (χ1n) is 7.27. The van der Waals surface area contributed by atoms with Gasteiger partial charge in [-0.3, -0.25) is 0 Å². The normalized spacial score (nSPS) is 10.6. The summed E-state index contributed by atoms with van der Waals surface area (Å²) in [6.07, 6.45) is 1.04. The van der Waals surface area contributed by atoms with Crippen LogP contribution in [0.3, 0.4) is 0 Å². The summed E-state index contributed by atoms with van der Waals surface area (Å²) in [7, 11) is 0. The molecule has 3 nitrogen and oxygen atoms in total. The molecule has 2 rings (SSSR count). The Morgan fingerprint density at radius 1 is 1.14 bits per heavy atom. The third-order valence-corrected chi connectivity index (χ3v) is 3.69. The number of esters is 1. The van der Waals surface area contributed by atoms with Gasteiger partial charge in [0.15, 0.2) is 0 Å². The smallest absolute Gasteiger partial charge is 0.343 e. The number of carbonyl (C=O) groups is 1. The van der Waals surface area contributed by atoms with E-state index < -0.39 is 0 Å². The van der Waals surface area contributed by atoms with E-state index in [9.17, 15) is 4.79 Å². The first kappa shape index (κ1) is 16.6. The summed E-state index contributed by atoms with van der Waals surface area (Å²) in [6.45, 7) is 5.99. The summed E-state index contributed by atoms with van der Waals surface area (Å²) in [4.78, 5) is 12.2. The first-order chi connectivity index (χ1) is 10.5. The minimum atomic E-state index is -0.388. The van der Waals surface area contributed by atoms with Gasteiger partial charge in [0.25, 0.3) is 0 Å². The molecule has 0 fully saturated rings. The second-order valence-corrected chi connectivity index (χ2v) is 6.05. The van der Waals surface area contributed by atoms with Gasteiger partial charge in [0.2, 0.25) is 0 Å². The maximum absolute atomic E-state index is 12.2. The summed E-state index contributed by atoms with van der Waals surface area (Å²) in [5.74, 6) is 0.866. The summed E-state index contributed by atoms with van der Waals surface area (Å²) < 4.78 is 11.8. The van der Waals surface area contributed by atoms with Crippen molar-refractivity contribution in [2.24, 2.45) is 0 Å². The van der Waals surface area contributed by atoms with Gasteiger partial charge in [0, 0.05) is 0 Å². The fraction of sp³-hybridized carbons (Fsp3) is 0.278. The van der Waals surface area contributed by atoms with Crippen molar-refractivity contribution in [3.8, 4) is 11.5 Å². The Hall–Kier alpha value is -1.81. The SMILES string of the molecule is CCc1ccc(OC(=O)c2ccc(OC(C)C)cc2)c(Br)c1. The van der Waals surface area contributed by atoms with Gasteiger partial charge in [-0.25, -0.2) is 4.79 Å².